The molecule has 3 aromatic rings. The molecule has 6 heteroatoms. The molecular weight excluding hydrogens is 379 g/mol. The average Bonchev–Trinajstić information content (AvgIpc) is 2.65. The molecule has 2 heterocycles. The maximum absolute atomic E-state index is 6.84. The van der Waals surface area contributed by atoms with Gasteiger partial charge in [0.15, 0.2) is 0 Å². The lowest BCUT2D eigenvalue weighted by Crippen LogP contribution is -2.37. The van der Waals surface area contributed by atoms with Crippen LogP contribution < -0.4 is 4.90 Å². The molecule has 0 unspecified atom stereocenters. The van der Waals surface area contributed by atoms with Crippen molar-refractivity contribution in [2.24, 2.45) is 0 Å². The zero-order valence-electron chi connectivity index (χ0n) is 13.3. The zero-order valence-corrected chi connectivity index (χ0v) is 15.6. The van der Waals surface area contributed by atoms with Gasteiger partial charge in [0.2, 0.25) is 0 Å². The summed E-state index contributed by atoms with van der Waals surface area (Å²) in [7, 11) is 0. The summed E-state index contributed by atoms with van der Waals surface area (Å²) >= 11 is 19.6. The Labute approximate surface area is 161 Å². The predicted octanol–water partition coefficient (Wildman–Crippen LogP) is 5.70. The topological polar surface area (TPSA) is 25.4 Å². The first kappa shape index (κ1) is 16.9. The second kappa shape index (κ2) is 7.00. The van der Waals surface area contributed by atoms with E-state index in [-0.39, 0.29) is 0 Å². The molecule has 4 rings (SSSR count). The van der Waals surface area contributed by atoms with Crippen LogP contribution in [0, 0.1) is 0 Å². The van der Waals surface area contributed by atoms with Crippen molar-refractivity contribution in [3.63, 3.8) is 0 Å². The molecule has 128 valence electrons. The fourth-order valence-electron chi connectivity index (χ4n) is 3.11. The standard InChI is InChI=1S/C19H15Cl3N2O/c20-13-6-7-14(21)18-16(13)17(22)15(12-4-2-1-3-5-12)19(23-18)24-8-10-25-11-9-24/h1-7H,8-11H2. The number of ether oxygens (including phenoxy) is 1. The third kappa shape index (κ3) is 3.06. The number of pyridine rings is 1. The Kier molecular flexibility index (Phi) is 4.74. The molecule has 0 aliphatic carbocycles. The molecule has 0 N–H and O–H groups in total. The number of halogens is 3. The van der Waals surface area contributed by atoms with E-state index in [1.807, 2.05) is 30.3 Å². The van der Waals surface area contributed by atoms with E-state index >= 15 is 0 Å². The molecule has 1 aliphatic heterocycles. The quantitative estimate of drug-likeness (QED) is 0.558. The van der Waals surface area contributed by atoms with Crippen LogP contribution in [0.4, 0.5) is 5.82 Å². The minimum Gasteiger partial charge on any atom is -0.378 e. The highest BCUT2D eigenvalue weighted by atomic mass is 35.5. The summed E-state index contributed by atoms with van der Waals surface area (Å²) in [5.41, 5.74) is 2.50. The van der Waals surface area contributed by atoms with Gasteiger partial charge < -0.3 is 9.64 Å². The maximum atomic E-state index is 6.84. The third-order valence-electron chi connectivity index (χ3n) is 4.33. The number of nitrogens with zero attached hydrogens (tertiary/aromatic N) is 2. The lowest BCUT2D eigenvalue weighted by molar-refractivity contribution is 0.122. The molecule has 0 spiro atoms. The Hall–Kier alpha value is -1.52. The molecule has 0 amide bonds. The van der Waals surface area contributed by atoms with Crippen LogP contribution in [0.3, 0.4) is 0 Å². The summed E-state index contributed by atoms with van der Waals surface area (Å²) in [5.74, 6) is 0.816. The Morgan fingerprint density at radius 3 is 2.28 bits per heavy atom. The Morgan fingerprint density at radius 1 is 0.880 bits per heavy atom. The van der Waals surface area contributed by atoms with Crippen LogP contribution in [-0.2, 0) is 4.74 Å². The molecule has 1 aliphatic rings. The summed E-state index contributed by atoms with van der Waals surface area (Å²) in [4.78, 5) is 7.05. The van der Waals surface area contributed by atoms with E-state index in [2.05, 4.69) is 4.90 Å². The van der Waals surface area contributed by atoms with Crippen LogP contribution >= 0.6 is 34.8 Å². The second-order valence-corrected chi connectivity index (χ2v) is 7.04. The molecule has 0 bridgehead atoms. The van der Waals surface area contributed by atoms with Gasteiger partial charge in [0, 0.05) is 24.0 Å². The lowest BCUT2D eigenvalue weighted by atomic mass is 10.0. The fourth-order valence-corrected chi connectivity index (χ4v) is 3.99. The highest BCUT2D eigenvalue weighted by Gasteiger charge is 2.23. The normalized spacial score (nSPS) is 14.9. The van der Waals surface area contributed by atoms with Gasteiger partial charge in [-0.05, 0) is 17.7 Å². The Balaban J connectivity index is 2.05. The monoisotopic (exact) mass is 392 g/mol. The molecular formula is C19H15Cl3N2O. The average molecular weight is 394 g/mol. The molecule has 1 fully saturated rings. The molecule has 25 heavy (non-hydrogen) atoms. The van der Waals surface area contributed by atoms with Crippen molar-refractivity contribution in [3.8, 4) is 11.1 Å². The maximum Gasteiger partial charge on any atom is 0.138 e. The van der Waals surface area contributed by atoms with Gasteiger partial charge in [0.25, 0.3) is 0 Å². The van der Waals surface area contributed by atoms with Gasteiger partial charge in [-0.25, -0.2) is 4.98 Å². The van der Waals surface area contributed by atoms with Crippen LogP contribution in [-0.4, -0.2) is 31.3 Å². The van der Waals surface area contributed by atoms with Gasteiger partial charge in [-0.15, -0.1) is 0 Å². The van der Waals surface area contributed by atoms with Crippen LogP contribution in [0.25, 0.3) is 22.0 Å². The minimum absolute atomic E-state index is 0.537. The van der Waals surface area contributed by atoms with Crippen LogP contribution in [0.15, 0.2) is 42.5 Å². The number of morpholine rings is 1. The zero-order chi connectivity index (χ0) is 17.4. The van der Waals surface area contributed by atoms with E-state index in [1.165, 1.54) is 0 Å². The summed E-state index contributed by atoms with van der Waals surface area (Å²) < 4.78 is 5.48. The molecule has 0 radical (unpaired) electrons. The molecule has 1 saturated heterocycles. The van der Waals surface area contributed by atoms with Gasteiger partial charge in [-0.3, -0.25) is 0 Å². The molecule has 0 saturated carbocycles. The number of hydrogen-bond donors (Lipinski definition) is 0. The van der Waals surface area contributed by atoms with Crippen LogP contribution in [0.1, 0.15) is 0 Å². The fraction of sp³-hybridized carbons (Fsp3) is 0.211. The predicted molar refractivity (Wildman–Crippen MR) is 105 cm³/mol. The smallest absolute Gasteiger partial charge is 0.138 e. The SMILES string of the molecule is Clc1ccc(Cl)c2c(Cl)c(-c3ccccc3)c(N3CCOCC3)nc12. The molecule has 2 aromatic carbocycles. The number of hydrogen-bond acceptors (Lipinski definition) is 3. The number of anilines is 1. The van der Waals surface area contributed by atoms with Crippen molar-refractivity contribution in [1.82, 2.24) is 4.98 Å². The minimum atomic E-state index is 0.537. The van der Waals surface area contributed by atoms with Crippen molar-refractivity contribution in [2.75, 3.05) is 31.2 Å². The van der Waals surface area contributed by atoms with Crippen LogP contribution in [0.5, 0.6) is 0 Å². The van der Waals surface area contributed by atoms with Crippen molar-refractivity contribution >= 4 is 51.5 Å². The van der Waals surface area contributed by atoms with Gasteiger partial charge in [-0.2, -0.15) is 0 Å². The first-order valence-corrected chi connectivity index (χ1v) is 9.15. The van der Waals surface area contributed by atoms with Crippen molar-refractivity contribution in [2.45, 2.75) is 0 Å². The van der Waals surface area contributed by atoms with Gasteiger partial charge in [0.05, 0.1) is 33.8 Å². The Bertz CT molecular complexity index is 925. The second-order valence-electron chi connectivity index (χ2n) is 5.84. The van der Waals surface area contributed by atoms with Gasteiger partial charge >= 0.3 is 0 Å². The van der Waals surface area contributed by atoms with E-state index in [4.69, 9.17) is 44.5 Å². The summed E-state index contributed by atoms with van der Waals surface area (Å²) in [6.07, 6.45) is 0. The highest BCUT2D eigenvalue weighted by Crippen LogP contribution is 2.44. The first-order valence-electron chi connectivity index (χ1n) is 8.02. The summed E-state index contributed by atoms with van der Waals surface area (Å²) in [6, 6.07) is 13.5. The van der Waals surface area contributed by atoms with E-state index in [0.29, 0.717) is 39.2 Å². The molecule has 1 aromatic heterocycles. The molecule has 3 nitrogen and oxygen atoms in total. The van der Waals surface area contributed by atoms with Crippen LogP contribution in [0.2, 0.25) is 15.1 Å². The van der Waals surface area contributed by atoms with Gasteiger partial charge in [-0.1, -0.05) is 65.1 Å². The summed E-state index contributed by atoms with van der Waals surface area (Å²) in [6.45, 7) is 2.84. The van der Waals surface area contributed by atoms with E-state index < -0.39 is 0 Å². The van der Waals surface area contributed by atoms with Crippen molar-refractivity contribution < 1.29 is 4.74 Å². The number of benzene rings is 2. The number of rotatable bonds is 2. The van der Waals surface area contributed by atoms with E-state index in [1.54, 1.807) is 12.1 Å². The van der Waals surface area contributed by atoms with Gasteiger partial charge in [0.1, 0.15) is 5.82 Å². The largest absolute Gasteiger partial charge is 0.378 e. The summed E-state index contributed by atoms with van der Waals surface area (Å²) in [5, 5.41) is 2.34. The third-order valence-corrected chi connectivity index (χ3v) is 5.33. The highest BCUT2D eigenvalue weighted by molar-refractivity contribution is 6.46. The van der Waals surface area contributed by atoms with E-state index in [9.17, 15) is 0 Å². The first-order chi connectivity index (χ1) is 12.2. The Morgan fingerprint density at radius 2 is 1.56 bits per heavy atom. The lowest BCUT2D eigenvalue weighted by Gasteiger charge is -2.30. The number of aromatic nitrogens is 1. The van der Waals surface area contributed by atoms with Crippen molar-refractivity contribution in [3.05, 3.63) is 57.5 Å². The van der Waals surface area contributed by atoms with E-state index in [0.717, 1.165) is 30.0 Å². The number of fused-ring (bicyclic) bond motifs is 1. The molecule has 0 atom stereocenters. The van der Waals surface area contributed by atoms with Crippen molar-refractivity contribution in [1.29, 1.82) is 0 Å².